The van der Waals surface area contributed by atoms with Crippen LogP contribution in [-0.4, -0.2) is 25.1 Å². The monoisotopic (exact) mass is 275 g/mol. The van der Waals surface area contributed by atoms with Gasteiger partial charge in [-0.25, -0.2) is 0 Å². The Kier molecular flexibility index (Phi) is 4.01. The van der Waals surface area contributed by atoms with Crippen LogP contribution < -0.4 is 10.1 Å². The van der Waals surface area contributed by atoms with E-state index in [1.54, 1.807) is 12.1 Å². The molecule has 0 spiro atoms. The van der Waals surface area contributed by atoms with E-state index in [9.17, 15) is 13.2 Å². The van der Waals surface area contributed by atoms with Crippen LogP contribution in [0.3, 0.4) is 0 Å². The Morgan fingerprint density at radius 3 is 2.53 bits per heavy atom. The van der Waals surface area contributed by atoms with Crippen molar-refractivity contribution < 1.29 is 22.6 Å². The van der Waals surface area contributed by atoms with Crippen molar-refractivity contribution in [3.63, 3.8) is 0 Å². The minimum Gasteiger partial charge on any atom is -0.406 e. The molecule has 0 aliphatic carbocycles. The lowest BCUT2D eigenvalue weighted by atomic mass is 10.0. The van der Waals surface area contributed by atoms with Crippen LogP contribution in [0, 0.1) is 0 Å². The van der Waals surface area contributed by atoms with E-state index in [0.29, 0.717) is 13.2 Å². The molecule has 1 aliphatic rings. The van der Waals surface area contributed by atoms with Gasteiger partial charge in [-0.05, 0) is 31.0 Å². The molecule has 1 unspecified atom stereocenters. The largest absolute Gasteiger partial charge is 0.573 e. The summed E-state index contributed by atoms with van der Waals surface area (Å²) in [6.07, 6.45) is -3.71. The zero-order chi connectivity index (χ0) is 13.9. The molecular formula is C13H16F3NO2. The molecule has 6 heteroatoms. The van der Waals surface area contributed by atoms with Crippen LogP contribution in [0.4, 0.5) is 13.2 Å². The predicted octanol–water partition coefficient (Wildman–Crippen LogP) is 2.85. The Hall–Kier alpha value is -1.27. The first-order chi connectivity index (χ1) is 8.86. The summed E-state index contributed by atoms with van der Waals surface area (Å²) in [5, 5.41) is 3.35. The van der Waals surface area contributed by atoms with Crippen molar-refractivity contribution in [1.82, 2.24) is 5.32 Å². The lowest BCUT2D eigenvalue weighted by Gasteiger charge is -2.23. The fourth-order valence-electron chi connectivity index (χ4n) is 1.93. The second kappa shape index (κ2) is 5.38. The second-order valence-corrected chi connectivity index (χ2v) is 4.91. The SMILES string of the molecule is CC1(NCc2ccc(OC(F)(F)F)cc2)CCOC1. The Morgan fingerprint density at radius 1 is 1.32 bits per heavy atom. The first-order valence-corrected chi connectivity index (χ1v) is 6.04. The maximum Gasteiger partial charge on any atom is 0.573 e. The van der Waals surface area contributed by atoms with E-state index in [2.05, 4.69) is 17.0 Å². The highest BCUT2D eigenvalue weighted by molar-refractivity contribution is 5.27. The van der Waals surface area contributed by atoms with Crippen molar-refractivity contribution >= 4 is 0 Å². The van der Waals surface area contributed by atoms with Crippen molar-refractivity contribution in [1.29, 1.82) is 0 Å². The van der Waals surface area contributed by atoms with Crippen LogP contribution in [0.1, 0.15) is 18.9 Å². The first kappa shape index (κ1) is 14.1. The van der Waals surface area contributed by atoms with Gasteiger partial charge in [-0.1, -0.05) is 12.1 Å². The Bertz CT molecular complexity index is 411. The molecular weight excluding hydrogens is 259 g/mol. The normalized spacial score (nSPS) is 23.6. The molecule has 1 saturated heterocycles. The summed E-state index contributed by atoms with van der Waals surface area (Å²) < 4.78 is 45.1. The third kappa shape index (κ3) is 4.40. The average molecular weight is 275 g/mol. The van der Waals surface area contributed by atoms with Gasteiger partial charge >= 0.3 is 6.36 Å². The second-order valence-electron chi connectivity index (χ2n) is 4.91. The van der Waals surface area contributed by atoms with Crippen LogP contribution in [-0.2, 0) is 11.3 Å². The van der Waals surface area contributed by atoms with Crippen molar-refractivity contribution in [3.8, 4) is 5.75 Å². The molecule has 106 valence electrons. The van der Waals surface area contributed by atoms with Crippen LogP contribution >= 0.6 is 0 Å². The highest BCUT2D eigenvalue weighted by Gasteiger charge is 2.31. The van der Waals surface area contributed by atoms with E-state index >= 15 is 0 Å². The van der Waals surface area contributed by atoms with Crippen molar-refractivity contribution in [2.75, 3.05) is 13.2 Å². The zero-order valence-electron chi connectivity index (χ0n) is 10.6. The van der Waals surface area contributed by atoms with Crippen LogP contribution in [0.15, 0.2) is 24.3 Å². The molecule has 1 aromatic rings. The molecule has 0 amide bonds. The van der Waals surface area contributed by atoms with Gasteiger partial charge in [0.15, 0.2) is 0 Å². The van der Waals surface area contributed by atoms with E-state index < -0.39 is 6.36 Å². The van der Waals surface area contributed by atoms with Crippen molar-refractivity contribution in [2.24, 2.45) is 0 Å². The van der Waals surface area contributed by atoms with Gasteiger partial charge in [0.25, 0.3) is 0 Å². The van der Waals surface area contributed by atoms with Gasteiger partial charge in [-0.2, -0.15) is 0 Å². The van der Waals surface area contributed by atoms with Gasteiger partial charge in [0, 0.05) is 18.7 Å². The van der Waals surface area contributed by atoms with E-state index in [0.717, 1.165) is 18.6 Å². The summed E-state index contributed by atoms with van der Waals surface area (Å²) in [6, 6.07) is 5.87. The van der Waals surface area contributed by atoms with Gasteiger partial charge in [-0.3, -0.25) is 0 Å². The lowest BCUT2D eigenvalue weighted by Crippen LogP contribution is -2.42. The smallest absolute Gasteiger partial charge is 0.406 e. The summed E-state index contributed by atoms with van der Waals surface area (Å²) in [4.78, 5) is 0. The maximum atomic E-state index is 12.0. The van der Waals surface area contributed by atoms with Gasteiger partial charge < -0.3 is 14.8 Å². The molecule has 1 fully saturated rings. The molecule has 1 aromatic carbocycles. The number of halogens is 3. The van der Waals surface area contributed by atoms with Gasteiger partial charge in [-0.15, -0.1) is 13.2 Å². The number of benzene rings is 1. The number of alkyl halides is 3. The minimum atomic E-state index is -4.64. The molecule has 1 aliphatic heterocycles. The fraction of sp³-hybridized carbons (Fsp3) is 0.538. The van der Waals surface area contributed by atoms with E-state index in [4.69, 9.17) is 4.74 Å². The molecule has 2 rings (SSSR count). The van der Waals surface area contributed by atoms with Crippen LogP contribution in [0.25, 0.3) is 0 Å². The van der Waals surface area contributed by atoms with Crippen molar-refractivity contribution in [2.45, 2.75) is 31.8 Å². The molecule has 1 atom stereocenters. The summed E-state index contributed by atoms with van der Waals surface area (Å²) in [6.45, 7) is 4.05. The highest BCUT2D eigenvalue weighted by Crippen LogP contribution is 2.23. The summed E-state index contributed by atoms with van der Waals surface area (Å²) >= 11 is 0. The van der Waals surface area contributed by atoms with Gasteiger partial charge in [0.2, 0.25) is 0 Å². The van der Waals surface area contributed by atoms with E-state index in [1.165, 1.54) is 12.1 Å². The Labute approximate surface area is 109 Å². The van der Waals surface area contributed by atoms with Gasteiger partial charge in [0.1, 0.15) is 5.75 Å². The summed E-state index contributed by atoms with van der Waals surface area (Å²) in [5.41, 5.74) is 0.851. The molecule has 0 bridgehead atoms. The lowest BCUT2D eigenvalue weighted by molar-refractivity contribution is -0.274. The van der Waals surface area contributed by atoms with E-state index in [1.807, 2.05) is 0 Å². The number of rotatable bonds is 4. The van der Waals surface area contributed by atoms with Crippen LogP contribution in [0.2, 0.25) is 0 Å². The fourth-order valence-corrected chi connectivity index (χ4v) is 1.93. The number of ether oxygens (including phenoxy) is 2. The first-order valence-electron chi connectivity index (χ1n) is 6.04. The van der Waals surface area contributed by atoms with Crippen molar-refractivity contribution in [3.05, 3.63) is 29.8 Å². The Balaban J connectivity index is 1.88. The topological polar surface area (TPSA) is 30.5 Å². The number of hydrogen-bond donors (Lipinski definition) is 1. The standard InChI is InChI=1S/C13H16F3NO2/c1-12(6-7-18-9-12)17-8-10-2-4-11(5-3-10)19-13(14,15)16/h2-5,17H,6-9H2,1H3. The third-order valence-corrected chi connectivity index (χ3v) is 3.10. The third-order valence-electron chi connectivity index (χ3n) is 3.10. The minimum absolute atomic E-state index is 0.0544. The summed E-state index contributed by atoms with van der Waals surface area (Å²) in [5.74, 6) is -0.202. The van der Waals surface area contributed by atoms with Crippen LogP contribution in [0.5, 0.6) is 5.75 Å². The predicted molar refractivity (Wildman–Crippen MR) is 63.8 cm³/mol. The molecule has 1 heterocycles. The van der Waals surface area contributed by atoms with Gasteiger partial charge in [0.05, 0.1) is 6.61 Å². The molecule has 19 heavy (non-hydrogen) atoms. The number of nitrogens with one attached hydrogen (secondary N) is 1. The molecule has 0 aromatic heterocycles. The summed E-state index contributed by atoms with van der Waals surface area (Å²) in [7, 11) is 0. The highest BCUT2D eigenvalue weighted by atomic mass is 19.4. The molecule has 3 nitrogen and oxygen atoms in total. The number of hydrogen-bond acceptors (Lipinski definition) is 3. The molecule has 1 N–H and O–H groups in total. The van der Waals surface area contributed by atoms with E-state index in [-0.39, 0.29) is 11.3 Å². The maximum absolute atomic E-state index is 12.0. The zero-order valence-corrected chi connectivity index (χ0v) is 10.6. The quantitative estimate of drug-likeness (QED) is 0.916. The molecule has 0 saturated carbocycles. The average Bonchev–Trinajstić information content (AvgIpc) is 2.74. The molecule has 0 radical (unpaired) electrons. The Morgan fingerprint density at radius 2 is 2.00 bits per heavy atom.